The number of nitrogens with zero attached hydrogens (tertiary/aromatic N) is 3. The molecule has 0 unspecified atom stereocenters. The van der Waals surface area contributed by atoms with Crippen LogP contribution in [0, 0.1) is 13.8 Å². The molecule has 21 heavy (non-hydrogen) atoms. The van der Waals surface area contributed by atoms with Gasteiger partial charge in [-0.2, -0.15) is 0 Å². The van der Waals surface area contributed by atoms with Gasteiger partial charge in [-0.25, -0.2) is 15.8 Å². The highest BCUT2D eigenvalue weighted by molar-refractivity contribution is 7.18. The summed E-state index contributed by atoms with van der Waals surface area (Å²) >= 11 is 1.67. The smallest absolute Gasteiger partial charge is 0.163 e. The molecule has 0 saturated carbocycles. The van der Waals surface area contributed by atoms with Crippen LogP contribution in [0.3, 0.4) is 0 Å². The number of nitrogens with two attached hydrogens (primary N) is 1. The van der Waals surface area contributed by atoms with Crippen molar-refractivity contribution in [3.63, 3.8) is 0 Å². The maximum absolute atomic E-state index is 5.66. The first-order valence-electron chi connectivity index (χ1n) is 6.83. The normalized spacial score (nSPS) is 11.0. The van der Waals surface area contributed by atoms with E-state index in [-0.39, 0.29) is 0 Å². The third-order valence-electron chi connectivity index (χ3n) is 3.69. The molecule has 0 aliphatic rings. The lowest BCUT2D eigenvalue weighted by Gasteiger charge is -2.09. The zero-order valence-corrected chi connectivity index (χ0v) is 13.1. The predicted molar refractivity (Wildman–Crippen MR) is 87.3 cm³/mol. The Hall–Kier alpha value is -2.05. The fourth-order valence-electron chi connectivity index (χ4n) is 2.40. The fraction of sp³-hybridized carbons (Fsp3) is 0.267. The van der Waals surface area contributed by atoms with Gasteiger partial charge in [0.25, 0.3) is 0 Å². The van der Waals surface area contributed by atoms with Crippen molar-refractivity contribution in [3.8, 4) is 11.4 Å². The number of fused-ring (bicyclic) bond motifs is 1. The topological polar surface area (TPSA) is 76.7 Å². The molecule has 3 heterocycles. The first kappa shape index (κ1) is 13.9. The Morgan fingerprint density at radius 2 is 2.10 bits per heavy atom. The lowest BCUT2D eigenvalue weighted by molar-refractivity contribution is 1.09. The number of pyridine rings is 1. The van der Waals surface area contributed by atoms with E-state index in [1.165, 1.54) is 10.4 Å². The van der Waals surface area contributed by atoms with E-state index in [2.05, 4.69) is 36.2 Å². The molecule has 0 amide bonds. The van der Waals surface area contributed by atoms with Crippen molar-refractivity contribution in [1.29, 1.82) is 0 Å². The molecule has 0 aliphatic carbocycles. The van der Waals surface area contributed by atoms with Crippen LogP contribution in [0.1, 0.15) is 22.9 Å². The standard InChI is InChI=1S/C15H17N5S/c1-4-10-7-17-6-5-11(10)13-18-14(20-16)12-8(2)9(3)21-15(12)19-13/h5-7H,4,16H2,1-3H3,(H,18,19,20). The molecule has 0 saturated heterocycles. The third-order valence-corrected chi connectivity index (χ3v) is 4.79. The van der Waals surface area contributed by atoms with Crippen LogP contribution in [-0.4, -0.2) is 15.0 Å². The van der Waals surface area contributed by atoms with E-state index in [0.717, 1.165) is 27.8 Å². The molecule has 3 N–H and O–H groups in total. The number of anilines is 1. The van der Waals surface area contributed by atoms with E-state index in [1.54, 1.807) is 17.5 Å². The second-order valence-corrected chi connectivity index (χ2v) is 6.09. The number of aromatic nitrogens is 3. The van der Waals surface area contributed by atoms with Crippen molar-refractivity contribution in [2.45, 2.75) is 27.2 Å². The van der Waals surface area contributed by atoms with E-state index < -0.39 is 0 Å². The van der Waals surface area contributed by atoms with Gasteiger partial charge in [0.2, 0.25) is 0 Å². The van der Waals surface area contributed by atoms with Gasteiger partial charge in [-0.05, 0) is 37.5 Å². The van der Waals surface area contributed by atoms with Crippen LogP contribution in [-0.2, 0) is 6.42 Å². The predicted octanol–water partition coefficient (Wildman–Crippen LogP) is 3.22. The Balaban J connectivity index is 2.29. The summed E-state index contributed by atoms with van der Waals surface area (Å²) in [5, 5.41) is 1.01. The number of hydrogen-bond acceptors (Lipinski definition) is 6. The van der Waals surface area contributed by atoms with Crippen LogP contribution in [0.25, 0.3) is 21.6 Å². The molecule has 0 spiro atoms. The fourth-order valence-corrected chi connectivity index (χ4v) is 3.43. The molecular weight excluding hydrogens is 282 g/mol. The minimum Gasteiger partial charge on any atom is -0.308 e. The maximum Gasteiger partial charge on any atom is 0.163 e. The zero-order valence-electron chi connectivity index (χ0n) is 12.3. The Morgan fingerprint density at radius 3 is 2.81 bits per heavy atom. The molecular formula is C15H17N5S. The Bertz CT molecular complexity index is 809. The molecule has 108 valence electrons. The number of hydrogen-bond donors (Lipinski definition) is 2. The van der Waals surface area contributed by atoms with Crippen molar-refractivity contribution >= 4 is 27.4 Å². The number of hydrazine groups is 1. The van der Waals surface area contributed by atoms with Gasteiger partial charge in [-0.15, -0.1) is 11.3 Å². The highest BCUT2D eigenvalue weighted by Gasteiger charge is 2.16. The third kappa shape index (κ3) is 2.26. The molecule has 5 nitrogen and oxygen atoms in total. The first-order chi connectivity index (χ1) is 10.2. The minimum atomic E-state index is 0.677. The highest BCUT2D eigenvalue weighted by Crippen LogP contribution is 2.35. The van der Waals surface area contributed by atoms with Gasteiger partial charge in [-0.3, -0.25) is 4.98 Å². The van der Waals surface area contributed by atoms with Gasteiger partial charge in [-0.1, -0.05) is 6.92 Å². The maximum atomic E-state index is 5.66. The monoisotopic (exact) mass is 299 g/mol. The summed E-state index contributed by atoms with van der Waals surface area (Å²) in [6.07, 6.45) is 4.52. The summed E-state index contributed by atoms with van der Waals surface area (Å²) < 4.78 is 0. The van der Waals surface area contributed by atoms with Gasteiger partial charge in [0.05, 0.1) is 5.39 Å². The Labute approximate surface area is 127 Å². The molecule has 0 aromatic carbocycles. The van der Waals surface area contributed by atoms with Crippen molar-refractivity contribution in [2.24, 2.45) is 5.84 Å². The minimum absolute atomic E-state index is 0.677. The zero-order chi connectivity index (χ0) is 15.0. The molecule has 0 radical (unpaired) electrons. The van der Waals surface area contributed by atoms with Crippen LogP contribution >= 0.6 is 11.3 Å². The summed E-state index contributed by atoms with van der Waals surface area (Å²) in [5.41, 5.74) is 6.03. The van der Waals surface area contributed by atoms with Gasteiger partial charge < -0.3 is 5.43 Å². The van der Waals surface area contributed by atoms with Crippen molar-refractivity contribution in [1.82, 2.24) is 15.0 Å². The van der Waals surface area contributed by atoms with Gasteiger partial charge >= 0.3 is 0 Å². The van der Waals surface area contributed by atoms with Crippen LogP contribution in [0.15, 0.2) is 18.5 Å². The Kier molecular flexibility index (Phi) is 3.57. The van der Waals surface area contributed by atoms with E-state index in [1.807, 2.05) is 12.3 Å². The van der Waals surface area contributed by atoms with Crippen molar-refractivity contribution < 1.29 is 0 Å². The molecule has 0 fully saturated rings. The summed E-state index contributed by atoms with van der Waals surface area (Å²) in [7, 11) is 0. The lowest BCUT2D eigenvalue weighted by atomic mass is 10.1. The second-order valence-electron chi connectivity index (χ2n) is 4.89. The molecule has 3 aromatic rings. The van der Waals surface area contributed by atoms with E-state index >= 15 is 0 Å². The molecule has 0 atom stereocenters. The van der Waals surface area contributed by atoms with Gasteiger partial charge in [0.15, 0.2) is 11.6 Å². The van der Waals surface area contributed by atoms with Crippen LogP contribution < -0.4 is 11.3 Å². The molecule has 3 rings (SSSR count). The van der Waals surface area contributed by atoms with Gasteiger partial charge in [0, 0.05) is 22.8 Å². The summed E-state index contributed by atoms with van der Waals surface area (Å²) in [5.74, 6) is 7.03. The van der Waals surface area contributed by atoms with Crippen LogP contribution in [0.4, 0.5) is 5.82 Å². The average molecular weight is 299 g/mol. The summed E-state index contributed by atoms with van der Waals surface area (Å²) in [6, 6.07) is 1.95. The van der Waals surface area contributed by atoms with E-state index in [0.29, 0.717) is 11.6 Å². The molecule has 6 heteroatoms. The summed E-state index contributed by atoms with van der Waals surface area (Å²) in [4.78, 5) is 15.7. The molecule has 3 aromatic heterocycles. The first-order valence-corrected chi connectivity index (χ1v) is 7.65. The van der Waals surface area contributed by atoms with Crippen LogP contribution in [0.5, 0.6) is 0 Å². The second kappa shape index (κ2) is 5.38. The number of nitrogen functional groups attached to an aromatic ring is 1. The highest BCUT2D eigenvalue weighted by atomic mass is 32.1. The van der Waals surface area contributed by atoms with E-state index in [4.69, 9.17) is 10.8 Å². The SMILES string of the molecule is CCc1cnccc1-c1nc(NN)c2c(C)c(C)sc2n1. The quantitative estimate of drug-likeness (QED) is 0.573. The number of aryl methyl sites for hydroxylation is 3. The average Bonchev–Trinajstić information content (AvgIpc) is 2.81. The Morgan fingerprint density at radius 1 is 1.29 bits per heavy atom. The van der Waals surface area contributed by atoms with Crippen LogP contribution in [0.2, 0.25) is 0 Å². The number of nitrogens with one attached hydrogen (secondary N) is 1. The van der Waals surface area contributed by atoms with Gasteiger partial charge in [0.1, 0.15) is 4.83 Å². The van der Waals surface area contributed by atoms with Crippen molar-refractivity contribution in [2.75, 3.05) is 5.43 Å². The number of thiophene rings is 1. The largest absolute Gasteiger partial charge is 0.308 e. The molecule has 0 aliphatic heterocycles. The van der Waals surface area contributed by atoms with Crippen molar-refractivity contribution in [3.05, 3.63) is 34.5 Å². The van der Waals surface area contributed by atoms with E-state index in [9.17, 15) is 0 Å². The summed E-state index contributed by atoms with van der Waals surface area (Å²) in [6.45, 7) is 6.26. The molecule has 0 bridgehead atoms. The lowest BCUT2D eigenvalue weighted by Crippen LogP contribution is -2.10. The number of rotatable bonds is 3.